The zero-order chi connectivity index (χ0) is 26.5. The highest BCUT2D eigenvalue weighted by molar-refractivity contribution is 6.01. The molecule has 202 valence electrons. The van der Waals surface area contributed by atoms with Gasteiger partial charge in [0.05, 0.1) is 19.1 Å². The average molecular weight is 515 g/mol. The Hall–Kier alpha value is -2.98. The van der Waals surface area contributed by atoms with Crippen molar-refractivity contribution < 1.29 is 29.0 Å². The first-order valence-corrected chi connectivity index (χ1v) is 13.4. The standard InChI is InChI=1S/C27H38N4O6/c1-2-3-11-29(13-10-28)25(34)17-30-16-20(18-4-5-22-19(15-18)9-14-37-22)26(27(35)36)21(30)8-12-31-23(32)6-7-24(31)33/h4-5,15,20-21,26H,2-3,6-14,16-17,28H2,1H3,(H,35,36)/t20-,21+,26-/m1/s1. The van der Waals surface area contributed by atoms with Gasteiger partial charge in [0.25, 0.3) is 0 Å². The minimum atomic E-state index is -0.939. The van der Waals surface area contributed by atoms with Crippen LogP contribution in [-0.2, 0) is 25.6 Å². The van der Waals surface area contributed by atoms with Crippen LogP contribution in [0.5, 0.6) is 5.75 Å². The van der Waals surface area contributed by atoms with Crippen molar-refractivity contribution in [2.24, 2.45) is 11.7 Å². The van der Waals surface area contributed by atoms with Crippen molar-refractivity contribution in [3.05, 3.63) is 29.3 Å². The third-order valence-corrected chi connectivity index (χ3v) is 7.85. The average Bonchev–Trinajstić information content (AvgIpc) is 3.57. The van der Waals surface area contributed by atoms with Crippen molar-refractivity contribution in [1.29, 1.82) is 0 Å². The van der Waals surface area contributed by atoms with E-state index in [0.29, 0.717) is 39.2 Å². The third kappa shape index (κ3) is 5.96. The lowest BCUT2D eigenvalue weighted by Gasteiger charge is -2.30. The monoisotopic (exact) mass is 514 g/mol. The van der Waals surface area contributed by atoms with Gasteiger partial charge in [0.1, 0.15) is 5.75 Å². The molecule has 0 saturated carbocycles. The smallest absolute Gasteiger partial charge is 0.308 e. The van der Waals surface area contributed by atoms with Gasteiger partial charge in [0.2, 0.25) is 17.7 Å². The molecule has 3 N–H and O–H groups in total. The van der Waals surface area contributed by atoms with Crippen LogP contribution in [0.15, 0.2) is 18.2 Å². The Balaban J connectivity index is 1.59. The van der Waals surface area contributed by atoms with E-state index in [0.717, 1.165) is 36.1 Å². The van der Waals surface area contributed by atoms with Crippen LogP contribution in [-0.4, -0.2) is 95.4 Å². The SMILES string of the molecule is CCCCN(CCN)C(=O)CN1C[C@H](c2ccc3c(c2)CCO3)[C@@H](C(=O)O)[C@@H]1CCN1C(=O)CCC1=O. The Morgan fingerprint density at radius 2 is 1.92 bits per heavy atom. The summed E-state index contributed by atoms with van der Waals surface area (Å²) in [7, 11) is 0. The van der Waals surface area contributed by atoms with E-state index in [-0.39, 0.29) is 49.6 Å². The van der Waals surface area contributed by atoms with Crippen LogP contribution < -0.4 is 10.5 Å². The summed E-state index contributed by atoms with van der Waals surface area (Å²) in [4.78, 5) is 55.3. The van der Waals surface area contributed by atoms with Crippen molar-refractivity contribution in [3.63, 3.8) is 0 Å². The van der Waals surface area contributed by atoms with Crippen LogP contribution >= 0.6 is 0 Å². The number of carboxylic acids is 1. The number of aliphatic carboxylic acids is 1. The highest BCUT2D eigenvalue weighted by Gasteiger charge is 2.47. The first-order valence-electron chi connectivity index (χ1n) is 13.4. The van der Waals surface area contributed by atoms with Crippen LogP contribution in [0.4, 0.5) is 0 Å². The predicted molar refractivity (Wildman–Crippen MR) is 136 cm³/mol. The van der Waals surface area contributed by atoms with E-state index in [2.05, 4.69) is 6.92 Å². The quantitative estimate of drug-likeness (QED) is 0.398. The maximum Gasteiger partial charge on any atom is 0.308 e. The summed E-state index contributed by atoms with van der Waals surface area (Å²) in [5.74, 6) is -1.74. The minimum absolute atomic E-state index is 0.0740. The number of nitrogens with zero attached hydrogens (tertiary/aromatic N) is 3. The second kappa shape index (κ2) is 12.0. The molecule has 37 heavy (non-hydrogen) atoms. The number of likely N-dealkylation sites (tertiary alicyclic amines) is 2. The fourth-order valence-corrected chi connectivity index (χ4v) is 5.90. The van der Waals surface area contributed by atoms with Gasteiger partial charge in [-0.15, -0.1) is 0 Å². The van der Waals surface area contributed by atoms with Gasteiger partial charge in [0, 0.05) is 63.9 Å². The lowest BCUT2D eigenvalue weighted by atomic mass is 9.83. The molecule has 4 rings (SSSR count). The molecule has 3 aliphatic heterocycles. The highest BCUT2D eigenvalue weighted by Crippen LogP contribution is 2.41. The van der Waals surface area contributed by atoms with Gasteiger partial charge in [-0.25, -0.2) is 0 Å². The fraction of sp³-hybridized carbons (Fsp3) is 0.630. The number of hydrogen-bond donors (Lipinski definition) is 2. The molecule has 10 nitrogen and oxygen atoms in total. The number of ether oxygens (including phenoxy) is 1. The molecule has 0 radical (unpaired) electrons. The van der Waals surface area contributed by atoms with E-state index >= 15 is 0 Å². The van der Waals surface area contributed by atoms with Crippen LogP contribution in [0.25, 0.3) is 0 Å². The zero-order valence-corrected chi connectivity index (χ0v) is 21.6. The second-order valence-electron chi connectivity index (χ2n) is 10.2. The maximum atomic E-state index is 13.3. The maximum absolute atomic E-state index is 13.3. The molecule has 3 heterocycles. The summed E-state index contributed by atoms with van der Waals surface area (Å²) in [6.45, 7) is 4.72. The number of rotatable bonds is 12. The molecule has 1 aromatic rings. The molecule has 10 heteroatoms. The van der Waals surface area contributed by atoms with Crippen LogP contribution in [0, 0.1) is 5.92 Å². The summed E-state index contributed by atoms with van der Waals surface area (Å²) in [6.07, 6.45) is 3.29. The van der Waals surface area contributed by atoms with E-state index < -0.39 is 17.9 Å². The van der Waals surface area contributed by atoms with Crippen molar-refractivity contribution in [3.8, 4) is 5.75 Å². The number of carboxylic acid groups (broad SMARTS) is 1. The predicted octanol–water partition coefficient (Wildman–Crippen LogP) is 1.22. The van der Waals surface area contributed by atoms with Crippen LogP contribution in [0.2, 0.25) is 0 Å². The molecule has 1 aromatic carbocycles. The summed E-state index contributed by atoms with van der Waals surface area (Å²) >= 11 is 0. The van der Waals surface area contributed by atoms with Crippen molar-refractivity contribution in [1.82, 2.24) is 14.7 Å². The molecule has 3 atom stereocenters. The number of hydrogen-bond acceptors (Lipinski definition) is 7. The van der Waals surface area contributed by atoms with Crippen molar-refractivity contribution in [2.45, 2.75) is 57.4 Å². The molecule has 0 bridgehead atoms. The zero-order valence-electron chi connectivity index (χ0n) is 21.6. The van der Waals surface area contributed by atoms with Gasteiger partial charge in [0.15, 0.2) is 0 Å². The van der Waals surface area contributed by atoms with Crippen molar-refractivity contribution >= 4 is 23.7 Å². The van der Waals surface area contributed by atoms with Crippen LogP contribution in [0.1, 0.15) is 56.1 Å². The van der Waals surface area contributed by atoms with Gasteiger partial charge < -0.3 is 20.5 Å². The van der Waals surface area contributed by atoms with Gasteiger partial charge >= 0.3 is 5.97 Å². The van der Waals surface area contributed by atoms with E-state index in [4.69, 9.17) is 10.5 Å². The van der Waals surface area contributed by atoms with E-state index in [9.17, 15) is 24.3 Å². The lowest BCUT2D eigenvalue weighted by molar-refractivity contribution is -0.144. The number of carbonyl (C=O) groups is 4. The Labute approximate surface area is 217 Å². The molecule has 2 saturated heterocycles. The molecule has 2 fully saturated rings. The van der Waals surface area contributed by atoms with Crippen molar-refractivity contribution in [2.75, 3.05) is 45.9 Å². The van der Waals surface area contributed by atoms with E-state index in [1.165, 1.54) is 4.90 Å². The summed E-state index contributed by atoms with van der Waals surface area (Å²) < 4.78 is 5.63. The summed E-state index contributed by atoms with van der Waals surface area (Å²) in [5, 5.41) is 10.4. The van der Waals surface area contributed by atoms with Gasteiger partial charge in [-0.2, -0.15) is 0 Å². The molecule has 0 aliphatic carbocycles. The van der Waals surface area contributed by atoms with E-state index in [1.807, 2.05) is 23.1 Å². The molecule has 0 unspecified atom stereocenters. The molecule has 3 amide bonds. The molecule has 0 spiro atoms. The number of imide groups is 1. The fourth-order valence-electron chi connectivity index (χ4n) is 5.90. The Morgan fingerprint density at radius 1 is 1.16 bits per heavy atom. The minimum Gasteiger partial charge on any atom is -0.493 e. The Kier molecular flexibility index (Phi) is 8.81. The topological polar surface area (TPSA) is 133 Å². The Morgan fingerprint density at radius 3 is 2.59 bits per heavy atom. The third-order valence-electron chi connectivity index (χ3n) is 7.85. The second-order valence-corrected chi connectivity index (χ2v) is 10.2. The molecule has 0 aromatic heterocycles. The number of amides is 3. The largest absolute Gasteiger partial charge is 0.493 e. The molecule has 3 aliphatic rings. The van der Waals surface area contributed by atoms with Crippen LogP contribution in [0.3, 0.4) is 0 Å². The number of nitrogens with two attached hydrogens (primary N) is 1. The summed E-state index contributed by atoms with van der Waals surface area (Å²) in [6, 6.07) is 5.35. The normalized spacial score (nSPS) is 23.4. The number of fused-ring (bicyclic) bond motifs is 1. The van der Waals surface area contributed by atoms with Gasteiger partial charge in [-0.3, -0.25) is 29.0 Å². The van der Waals surface area contributed by atoms with Gasteiger partial charge in [-0.1, -0.05) is 25.5 Å². The summed E-state index contributed by atoms with van der Waals surface area (Å²) in [5.41, 5.74) is 7.73. The molecular formula is C27H38N4O6. The van der Waals surface area contributed by atoms with Gasteiger partial charge in [-0.05, 0) is 30.0 Å². The highest BCUT2D eigenvalue weighted by atomic mass is 16.5. The number of carbonyl (C=O) groups excluding carboxylic acids is 3. The molecular weight excluding hydrogens is 476 g/mol. The lowest BCUT2D eigenvalue weighted by Crippen LogP contribution is -2.46. The number of benzene rings is 1. The first kappa shape index (κ1) is 27.1. The van der Waals surface area contributed by atoms with E-state index in [1.54, 1.807) is 4.90 Å². The Bertz CT molecular complexity index is 1010. The first-order chi connectivity index (χ1) is 17.8. The number of unbranched alkanes of at least 4 members (excludes halogenated alkanes) is 1.